The molecule has 0 spiro atoms. The van der Waals surface area contributed by atoms with Crippen molar-refractivity contribution in [2.24, 2.45) is 0 Å². The fourth-order valence-corrected chi connectivity index (χ4v) is 9.67. The smallest absolute Gasteiger partial charge is 0.533 e. The maximum Gasteiger partial charge on any atom is 1.00 e. The van der Waals surface area contributed by atoms with Gasteiger partial charge in [0.25, 0.3) is 11.8 Å². The van der Waals surface area contributed by atoms with E-state index in [0.29, 0.717) is 73.5 Å². The predicted molar refractivity (Wildman–Crippen MR) is 274 cm³/mol. The average Bonchev–Trinajstić information content (AvgIpc) is 3.82. The van der Waals surface area contributed by atoms with E-state index >= 15 is 0 Å². The zero-order valence-corrected chi connectivity index (χ0v) is 44.9. The van der Waals surface area contributed by atoms with Crippen LogP contribution in [0, 0.1) is 13.5 Å². The van der Waals surface area contributed by atoms with Crippen molar-refractivity contribution in [3.63, 3.8) is 0 Å². The molecule has 0 saturated heterocycles. The van der Waals surface area contributed by atoms with Gasteiger partial charge in [0.15, 0.2) is 11.5 Å². The molecule has 0 aliphatic carbocycles. The molecule has 0 aromatic heterocycles. The summed E-state index contributed by atoms with van der Waals surface area (Å²) < 4.78 is 55.8. The second-order valence-corrected chi connectivity index (χ2v) is 20.0. The molecule has 2 amide bonds. The van der Waals surface area contributed by atoms with Crippen LogP contribution in [0.2, 0.25) is 0 Å². The van der Waals surface area contributed by atoms with Crippen LogP contribution in [0.3, 0.4) is 0 Å². The molecule has 2 N–H and O–H groups in total. The summed E-state index contributed by atoms with van der Waals surface area (Å²) in [5.74, 6) is 1.58. The van der Waals surface area contributed by atoms with Gasteiger partial charge in [-0.3, -0.25) is 9.59 Å². The van der Waals surface area contributed by atoms with E-state index in [1.54, 1.807) is 13.2 Å². The van der Waals surface area contributed by atoms with Crippen molar-refractivity contribution in [3.8, 4) is 17.2 Å². The molecule has 15 nitrogen and oxygen atoms in total. The molecular weight excluding hydrogens is 954 g/mol. The van der Waals surface area contributed by atoms with Crippen molar-refractivity contribution in [2.75, 3.05) is 78.5 Å². The molecule has 4 aliphatic heterocycles. The number of carbonyl (C=O) groups excluding carboxylic acids is 2. The van der Waals surface area contributed by atoms with Gasteiger partial charge >= 0.3 is 40.2 Å². The fraction of sp³-hybridized carbons (Fsp3) is 0.377. The first-order chi connectivity index (χ1) is 33.7. The number of benzene rings is 5. The summed E-state index contributed by atoms with van der Waals surface area (Å²) in [5.41, 5.74) is 10.5. The monoisotopic (exact) mass is 1010 g/mol. The van der Waals surface area contributed by atoms with Crippen molar-refractivity contribution in [3.05, 3.63) is 136 Å². The van der Waals surface area contributed by atoms with Crippen molar-refractivity contribution in [1.82, 2.24) is 0 Å². The second-order valence-electron chi connectivity index (χ2n) is 18.4. The number of nitrogens with one attached hydrogen (secondary N) is 2. The standard InChI is InChI=1S/C53H60N5O7S.Na.O3S/c1-6-16-62-18-19-63-17-15-56(33-53(3,4)66)39-22-35(31-64-48-27-44-42(20-34(48)2)51(59)57-40(29-54-44)24-37-11-7-9-13-46(37)57)21-36(23-39)32-65-50-28-45-43(26-49(50)61-5)52(60)58-41(30-55-45)25-38-12-8-10-14-47(38)58;;1-4(2)3/h7-14,20-23,26-28,30,40-41,54-55,66H,6,15-19,24-25,29,31-33H2,1-5H3;;/q-1;+1;/t40-,41-;;/m0../s1. The first-order valence-electron chi connectivity index (χ1n) is 23.5. The molecule has 18 heteroatoms. The third-order valence-electron chi connectivity index (χ3n) is 12.6. The van der Waals surface area contributed by atoms with Crippen LogP contribution in [-0.2, 0) is 46.1 Å². The van der Waals surface area contributed by atoms with Gasteiger partial charge in [-0.15, -0.1) is 12.6 Å². The van der Waals surface area contributed by atoms with Gasteiger partial charge in [0.1, 0.15) is 19.0 Å². The van der Waals surface area contributed by atoms with Gasteiger partial charge in [-0.25, -0.2) is 6.54 Å². The Morgan fingerprint density at radius 1 is 0.761 bits per heavy atom. The molecule has 71 heavy (non-hydrogen) atoms. The predicted octanol–water partition coefficient (Wildman–Crippen LogP) is 5.28. The number of nitrogens with zero attached hydrogens (tertiary/aromatic N) is 3. The van der Waals surface area contributed by atoms with E-state index in [9.17, 15) is 9.59 Å². The quantitative estimate of drug-likeness (QED) is 0.0451. The van der Waals surface area contributed by atoms with E-state index in [1.165, 1.54) is 5.56 Å². The van der Waals surface area contributed by atoms with Gasteiger partial charge in [0.05, 0.1) is 49.8 Å². The van der Waals surface area contributed by atoms with Crippen LogP contribution in [0.5, 0.6) is 17.2 Å². The minimum atomic E-state index is -3.11. The minimum Gasteiger partial charge on any atom is -0.533 e. The SMILES string of the molecule is CCCOCCOCCN(CC(C)(C)S)c1cc(COc2cc3c(cc2C)C(=O)N2c4ccccc4C[C@H]2CN3)cc(COc2cc3c(cc2OC)C(=O)N2c4ccccc4C[C@H]2[CH-]N3)c1.O=S(=O)=O.[Na+]. The molecule has 0 unspecified atom stereocenters. The molecule has 0 saturated carbocycles. The van der Waals surface area contributed by atoms with E-state index in [2.05, 4.69) is 66.6 Å². The van der Waals surface area contributed by atoms with E-state index in [0.717, 1.165) is 70.9 Å². The first-order valence-corrected chi connectivity index (χ1v) is 25.0. The Hall–Kier alpha value is -5.27. The van der Waals surface area contributed by atoms with Crippen LogP contribution in [-0.4, -0.2) is 94.4 Å². The van der Waals surface area contributed by atoms with Gasteiger partial charge in [-0.2, -0.15) is 12.6 Å². The first kappa shape index (κ1) is 53.5. The molecule has 5 aromatic rings. The Bertz CT molecular complexity index is 2840. The number of anilines is 5. The van der Waals surface area contributed by atoms with Crippen LogP contribution in [0.1, 0.15) is 75.7 Å². The largest absolute Gasteiger partial charge is 1.00 e. The minimum absolute atomic E-state index is 0. The van der Waals surface area contributed by atoms with E-state index in [-0.39, 0.29) is 71.4 Å². The van der Waals surface area contributed by atoms with Crippen LogP contribution in [0.4, 0.5) is 28.4 Å². The average molecular weight is 1010 g/mol. The molecule has 5 aromatic carbocycles. The maximum absolute atomic E-state index is 14.1. The van der Waals surface area contributed by atoms with Gasteiger partial charge in [0, 0.05) is 65.9 Å². The number of ether oxygens (including phenoxy) is 5. The Morgan fingerprint density at radius 3 is 2.01 bits per heavy atom. The number of hydrogen-bond acceptors (Lipinski definition) is 14. The number of amides is 2. The van der Waals surface area contributed by atoms with Gasteiger partial charge in [-0.05, 0) is 110 Å². The van der Waals surface area contributed by atoms with Crippen molar-refractivity contribution >= 4 is 63.5 Å². The number of carbonyl (C=O) groups is 2. The second kappa shape index (κ2) is 24.0. The summed E-state index contributed by atoms with van der Waals surface area (Å²) in [6.07, 6.45) is 2.53. The van der Waals surface area contributed by atoms with Crippen molar-refractivity contribution in [2.45, 2.75) is 77.0 Å². The number of aryl methyl sites for hydroxylation is 1. The Morgan fingerprint density at radius 2 is 1.35 bits per heavy atom. The van der Waals surface area contributed by atoms with Crippen LogP contribution >= 0.6 is 12.6 Å². The zero-order chi connectivity index (χ0) is 49.5. The summed E-state index contributed by atoms with van der Waals surface area (Å²) in [6.45, 7) is 15.0. The Labute approximate surface area is 445 Å². The Balaban J connectivity index is 0.00000143. The summed E-state index contributed by atoms with van der Waals surface area (Å²) >= 11 is 4.95. The number of fused-ring (bicyclic) bond motifs is 8. The number of para-hydroxylation sites is 2. The molecule has 4 aliphatic rings. The molecule has 0 fully saturated rings. The summed E-state index contributed by atoms with van der Waals surface area (Å²) in [4.78, 5) is 34.3. The van der Waals surface area contributed by atoms with Gasteiger partial charge in [0.2, 0.25) is 0 Å². The van der Waals surface area contributed by atoms with Crippen molar-refractivity contribution < 1.29 is 75.5 Å². The fourth-order valence-electron chi connectivity index (χ4n) is 9.50. The summed E-state index contributed by atoms with van der Waals surface area (Å²) in [5, 5.41) is 6.99. The summed E-state index contributed by atoms with van der Waals surface area (Å²) in [7, 11) is -1.52. The molecule has 0 radical (unpaired) electrons. The third-order valence-corrected chi connectivity index (χ3v) is 12.7. The van der Waals surface area contributed by atoms with Crippen LogP contribution in [0.25, 0.3) is 0 Å². The number of hydrogen-bond donors (Lipinski definition) is 3. The molecular formula is C53H60N5NaO10S2. The number of thiol groups is 1. The number of methoxy groups -OCH3 is 1. The van der Waals surface area contributed by atoms with E-state index in [4.69, 9.17) is 48.9 Å². The normalized spacial score (nSPS) is 16.1. The topological polar surface area (TPSA) is 165 Å². The van der Waals surface area contributed by atoms with Crippen LogP contribution < -0.4 is 69.1 Å². The molecule has 4 heterocycles. The Kier molecular flexibility index (Phi) is 18.1. The van der Waals surface area contributed by atoms with Crippen molar-refractivity contribution in [1.29, 1.82) is 0 Å². The molecule has 2 atom stereocenters. The third kappa shape index (κ3) is 12.9. The zero-order valence-electron chi connectivity index (χ0n) is 41.2. The van der Waals surface area contributed by atoms with E-state index in [1.807, 2.05) is 77.9 Å². The van der Waals surface area contributed by atoms with Gasteiger partial charge < -0.3 is 49.0 Å². The number of rotatable bonds is 18. The van der Waals surface area contributed by atoms with Crippen LogP contribution in [0.15, 0.2) is 91.0 Å². The molecule has 9 rings (SSSR count). The molecule has 370 valence electrons. The summed E-state index contributed by atoms with van der Waals surface area (Å²) in [6, 6.07) is 30.1. The van der Waals surface area contributed by atoms with E-state index < -0.39 is 10.6 Å². The molecule has 0 bridgehead atoms. The maximum atomic E-state index is 14.1. The van der Waals surface area contributed by atoms with Gasteiger partial charge in [-0.1, -0.05) is 49.4 Å².